The van der Waals surface area contributed by atoms with Crippen LogP contribution in [0.3, 0.4) is 0 Å². The Bertz CT molecular complexity index is 981. The molecule has 0 spiro atoms. The quantitative estimate of drug-likeness (QED) is 0.682. The van der Waals surface area contributed by atoms with Gasteiger partial charge < -0.3 is 10.6 Å². The number of hydrogen-bond acceptors (Lipinski definition) is 3. The van der Waals surface area contributed by atoms with E-state index in [9.17, 15) is 9.59 Å². The number of rotatable bonds is 3. The van der Waals surface area contributed by atoms with Gasteiger partial charge in [0, 0.05) is 29.4 Å². The maximum atomic E-state index is 12.4. The Balaban J connectivity index is 1.69. The second-order valence-corrected chi connectivity index (χ2v) is 6.47. The van der Waals surface area contributed by atoms with Gasteiger partial charge in [-0.25, -0.2) is 0 Å². The van der Waals surface area contributed by atoms with Crippen molar-refractivity contribution in [3.8, 4) is 11.8 Å². The van der Waals surface area contributed by atoms with Gasteiger partial charge in [0.15, 0.2) is 0 Å². The van der Waals surface area contributed by atoms with E-state index in [2.05, 4.69) is 22.5 Å². The molecule has 0 saturated heterocycles. The van der Waals surface area contributed by atoms with E-state index in [0.29, 0.717) is 16.9 Å². The van der Waals surface area contributed by atoms with Crippen molar-refractivity contribution < 1.29 is 9.59 Å². The maximum Gasteiger partial charge on any atom is 0.255 e. The summed E-state index contributed by atoms with van der Waals surface area (Å²) < 4.78 is 0. The van der Waals surface area contributed by atoms with Crippen LogP contribution in [0.25, 0.3) is 0 Å². The zero-order valence-electron chi connectivity index (χ0n) is 14.1. The summed E-state index contributed by atoms with van der Waals surface area (Å²) in [6, 6.07) is 18.1. The van der Waals surface area contributed by atoms with Gasteiger partial charge in [-0.2, -0.15) is 0 Å². The first-order valence-electron chi connectivity index (χ1n) is 7.95. The molecule has 0 bridgehead atoms. The number of nitrogens with one attached hydrogen (secondary N) is 2. The van der Waals surface area contributed by atoms with E-state index in [1.165, 1.54) is 6.92 Å². The molecule has 4 nitrogen and oxygen atoms in total. The van der Waals surface area contributed by atoms with Crippen molar-refractivity contribution in [2.24, 2.45) is 0 Å². The molecule has 0 fully saturated rings. The fraction of sp³-hybridized carbons (Fsp3) is 0.0476. The molecule has 0 aliphatic heterocycles. The van der Waals surface area contributed by atoms with Crippen LogP contribution in [-0.4, -0.2) is 11.8 Å². The third kappa shape index (κ3) is 4.82. The van der Waals surface area contributed by atoms with Crippen LogP contribution in [0.4, 0.5) is 11.4 Å². The molecule has 0 radical (unpaired) electrons. The van der Waals surface area contributed by atoms with Crippen molar-refractivity contribution in [2.75, 3.05) is 10.6 Å². The Kier molecular flexibility index (Phi) is 5.47. The fourth-order valence-electron chi connectivity index (χ4n) is 2.27. The second kappa shape index (κ2) is 8.15. The van der Waals surface area contributed by atoms with Crippen LogP contribution in [0, 0.1) is 11.8 Å². The second-order valence-electron chi connectivity index (χ2n) is 5.52. The van der Waals surface area contributed by atoms with Gasteiger partial charge in [-0.1, -0.05) is 24.0 Å². The van der Waals surface area contributed by atoms with Gasteiger partial charge in [0.05, 0.1) is 4.88 Å². The average Bonchev–Trinajstić information content (AvgIpc) is 3.14. The topological polar surface area (TPSA) is 58.2 Å². The Morgan fingerprint density at radius 1 is 0.885 bits per heavy atom. The molecular formula is C21H16N2O2S. The number of amides is 2. The highest BCUT2D eigenvalue weighted by Gasteiger charge is 2.06. The van der Waals surface area contributed by atoms with E-state index in [1.54, 1.807) is 35.6 Å². The van der Waals surface area contributed by atoms with Crippen molar-refractivity contribution >= 4 is 34.5 Å². The molecule has 1 aromatic heterocycles. The zero-order chi connectivity index (χ0) is 18.4. The number of thiophene rings is 1. The maximum absolute atomic E-state index is 12.4. The lowest BCUT2D eigenvalue weighted by Gasteiger charge is -2.07. The normalized spacial score (nSPS) is 9.73. The molecule has 0 saturated carbocycles. The Labute approximate surface area is 155 Å². The molecule has 5 heteroatoms. The molecule has 0 aliphatic rings. The minimum atomic E-state index is -0.220. The van der Waals surface area contributed by atoms with Gasteiger partial charge >= 0.3 is 0 Å². The standard InChI is InChI=1S/C21H16N2O2S/c1-15(24)22-18-10-8-17(9-11-18)21(25)23-19-5-2-4-16(14-19)7-12-20-6-3-13-26-20/h2-6,8-11,13-14H,1H3,(H,22,24)(H,23,25). The average molecular weight is 360 g/mol. The predicted octanol–water partition coefficient (Wildman–Crippen LogP) is 4.36. The van der Waals surface area contributed by atoms with E-state index >= 15 is 0 Å². The van der Waals surface area contributed by atoms with Crippen LogP contribution in [0.5, 0.6) is 0 Å². The third-order valence-corrected chi connectivity index (χ3v) is 4.22. The largest absolute Gasteiger partial charge is 0.326 e. The van der Waals surface area contributed by atoms with Gasteiger partial charge in [0.2, 0.25) is 5.91 Å². The lowest BCUT2D eigenvalue weighted by molar-refractivity contribution is -0.114. The lowest BCUT2D eigenvalue weighted by atomic mass is 10.1. The number of anilines is 2. The van der Waals surface area contributed by atoms with Gasteiger partial charge in [0.25, 0.3) is 5.91 Å². The molecule has 0 atom stereocenters. The zero-order valence-corrected chi connectivity index (χ0v) is 14.9. The van der Waals surface area contributed by atoms with E-state index < -0.39 is 0 Å². The summed E-state index contributed by atoms with van der Waals surface area (Å²) in [7, 11) is 0. The first-order chi connectivity index (χ1) is 12.6. The van der Waals surface area contributed by atoms with Crippen LogP contribution >= 0.6 is 11.3 Å². The third-order valence-electron chi connectivity index (χ3n) is 3.44. The SMILES string of the molecule is CC(=O)Nc1ccc(C(=O)Nc2cccc(C#Cc3cccs3)c2)cc1. The van der Waals surface area contributed by atoms with Crippen LogP contribution in [-0.2, 0) is 4.79 Å². The molecular weight excluding hydrogens is 344 g/mol. The van der Waals surface area contributed by atoms with Gasteiger partial charge in [0.1, 0.15) is 0 Å². The monoisotopic (exact) mass is 360 g/mol. The van der Waals surface area contributed by atoms with Gasteiger partial charge in [-0.05, 0) is 53.9 Å². The fourth-order valence-corrected chi connectivity index (χ4v) is 2.84. The van der Waals surface area contributed by atoms with Crippen molar-refractivity contribution in [1.82, 2.24) is 0 Å². The van der Waals surface area contributed by atoms with E-state index in [4.69, 9.17) is 0 Å². The Hall–Kier alpha value is -3.36. The minimum Gasteiger partial charge on any atom is -0.326 e. The summed E-state index contributed by atoms with van der Waals surface area (Å²) in [5.41, 5.74) is 2.67. The Morgan fingerprint density at radius 3 is 2.38 bits per heavy atom. The number of carbonyl (C=O) groups is 2. The highest BCUT2D eigenvalue weighted by molar-refractivity contribution is 7.10. The van der Waals surface area contributed by atoms with Crippen molar-refractivity contribution in [1.29, 1.82) is 0 Å². The molecule has 2 N–H and O–H groups in total. The Morgan fingerprint density at radius 2 is 1.69 bits per heavy atom. The van der Waals surface area contributed by atoms with Crippen molar-refractivity contribution in [3.05, 3.63) is 82.0 Å². The van der Waals surface area contributed by atoms with Crippen LogP contribution < -0.4 is 10.6 Å². The van der Waals surface area contributed by atoms with Crippen molar-refractivity contribution in [2.45, 2.75) is 6.92 Å². The molecule has 2 amide bonds. The predicted molar refractivity (Wildman–Crippen MR) is 105 cm³/mol. The first kappa shape index (κ1) is 17.5. The molecule has 26 heavy (non-hydrogen) atoms. The molecule has 0 aliphatic carbocycles. The van der Waals surface area contributed by atoms with Gasteiger partial charge in [-0.3, -0.25) is 9.59 Å². The van der Waals surface area contributed by atoms with E-state index in [-0.39, 0.29) is 11.8 Å². The van der Waals surface area contributed by atoms with E-state index in [0.717, 1.165) is 10.4 Å². The summed E-state index contributed by atoms with van der Waals surface area (Å²) in [4.78, 5) is 24.4. The smallest absolute Gasteiger partial charge is 0.255 e. The lowest BCUT2D eigenvalue weighted by Crippen LogP contribution is -2.12. The van der Waals surface area contributed by atoms with E-state index in [1.807, 2.05) is 41.8 Å². The summed E-state index contributed by atoms with van der Waals surface area (Å²) in [6.07, 6.45) is 0. The van der Waals surface area contributed by atoms with Crippen molar-refractivity contribution in [3.63, 3.8) is 0 Å². The molecule has 3 aromatic rings. The van der Waals surface area contributed by atoms with Crippen LogP contribution in [0.15, 0.2) is 66.0 Å². The number of benzene rings is 2. The van der Waals surface area contributed by atoms with Crippen LogP contribution in [0.2, 0.25) is 0 Å². The molecule has 2 aromatic carbocycles. The summed E-state index contributed by atoms with van der Waals surface area (Å²) in [5, 5.41) is 7.51. The number of hydrogen-bond donors (Lipinski definition) is 2. The molecule has 0 unspecified atom stereocenters. The highest BCUT2D eigenvalue weighted by atomic mass is 32.1. The summed E-state index contributed by atoms with van der Waals surface area (Å²) >= 11 is 1.59. The highest BCUT2D eigenvalue weighted by Crippen LogP contribution is 2.14. The molecule has 128 valence electrons. The summed E-state index contributed by atoms with van der Waals surface area (Å²) in [5.74, 6) is 5.82. The molecule has 3 rings (SSSR count). The summed E-state index contributed by atoms with van der Waals surface area (Å²) in [6.45, 7) is 1.44. The minimum absolute atomic E-state index is 0.150. The molecule has 1 heterocycles. The first-order valence-corrected chi connectivity index (χ1v) is 8.83. The van der Waals surface area contributed by atoms with Crippen LogP contribution in [0.1, 0.15) is 27.7 Å². The van der Waals surface area contributed by atoms with Gasteiger partial charge in [-0.15, -0.1) is 11.3 Å². The number of carbonyl (C=O) groups excluding carboxylic acids is 2.